The summed E-state index contributed by atoms with van der Waals surface area (Å²) in [6.45, 7) is 1.98. The maximum atomic E-state index is 14.0. The molecule has 210 valence electrons. The molecule has 4 aromatic rings. The van der Waals surface area contributed by atoms with Crippen LogP contribution in [-0.4, -0.2) is 47.5 Å². The molecular weight excluding hydrogens is 548 g/mol. The number of fused-ring (bicyclic) bond motifs is 1. The van der Waals surface area contributed by atoms with Crippen LogP contribution in [0, 0.1) is 10.1 Å². The fraction of sp³-hybridized carbons (Fsp3) is 0.207. The number of nitro groups is 1. The number of aromatic nitrogens is 2. The van der Waals surface area contributed by atoms with Crippen molar-refractivity contribution in [1.82, 2.24) is 9.13 Å². The van der Waals surface area contributed by atoms with Gasteiger partial charge in [-0.15, -0.1) is 0 Å². The van der Waals surface area contributed by atoms with Gasteiger partial charge in [0.25, 0.3) is 11.2 Å². The minimum atomic E-state index is -0.844. The summed E-state index contributed by atoms with van der Waals surface area (Å²) in [7, 11) is 3.04. The summed E-state index contributed by atoms with van der Waals surface area (Å²) in [5.74, 6) is -0.100. The van der Waals surface area contributed by atoms with E-state index in [0.29, 0.717) is 37.7 Å². The lowest BCUT2D eigenvalue weighted by Crippen LogP contribution is -2.40. The second-order valence-corrected chi connectivity index (χ2v) is 10.0. The smallest absolute Gasteiger partial charge is 0.338 e. The van der Waals surface area contributed by atoms with Crippen LogP contribution in [0.5, 0.6) is 5.75 Å². The number of para-hydroxylation sites is 1. The summed E-state index contributed by atoms with van der Waals surface area (Å²) in [5.41, 5.74) is 2.08. The van der Waals surface area contributed by atoms with Gasteiger partial charge in [-0.2, -0.15) is 0 Å². The molecule has 0 spiro atoms. The standard InChI is InChI=1S/C29H26N4O7S/c1-18-25(28(35)40-15-14-38-2)26(22-11-4-5-12-23(22)39-3)32-27(34)24(41-29(32)30-18)17-20-10-7-13-31(20)19-8-6-9-21(16-19)33(36)37/h4-13,16-17,26H,14-15H2,1-3H3. The fourth-order valence-electron chi connectivity index (χ4n) is 4.70. The average molecular weight is 575 g/mol. The molecule has 0 amide bonds. The third-order valence-electron chi connectivity index (χ3n) is 6.57. The summed E-state index contributed by atoms with van der Waals surface area (Å²) >= 11 is 1.18. The van der Waals surface area contributed by atoms with Gasteiger partial charge >= 0.3 is 5.97 Å². The maximum Gasteiger partial charge on any atom is 0.338 e. The number of rotatable bonds is 9. The molecular formula is C29H26N4O7S. The van der Waals surface area contributed by atoms with Crippen LogP contribution >= 0.6 is 11.3 Å². The molecule has 0 bridgehead atoms. The maximum absolute atomic E-state index is 14.0. The molecule has 0 N–H and O–H groups in total. The number of nitro benzene ring substituents is 1. The van der Waals surface area contributed by atoms with E-state index in [4.69, 9.17) is 14.2 Å². The normalized spacial score (nSPS) is 14.9. The molecule has 1 aliphatic rings. The van der Waals surface area contributed by atoms with Crippen molar-refractivity contribution in [2.75, 3.05) is 27.4 Å². The topological polar surface area (TPSA) is 127 Å². The van der Waals surface area contributed by atoms with Crippen molar-refractivity contribution in [2.45, 2.75) is 13.0 Å². The first-order valence-corrected chi connectivity index (χ1v) is 13.4. The first-order chi connectivity index (χ1) is 19.8. The van der Waals surface area contributed by atoms with Crippen molar-refractivity contribution < 1.29 is 23.9 Å². The number of benzene rings is 2. The highest BCUT2D eigenvalue weighted by atomic mass is 32.1. The minimum Gasteiger partial charge on any atom is -0.496 e. The van der Waals surface area contributed by atoms with E-state index in [0.717, 1.165) is 0 Å². The van der Waals surface area contributed by atoms with E-state index >= 15 is 0 Å². The third-order valence-corrected chi connectivity index (χ3v) is 7.56. The molecule has 0 fully saturated rings. The largest absolute Gasteiger partial charge is 0.496 e. The van der Waals surface area contributed by atoms with E-state index in [2.05, 4.69) is 4.99 Å². The third kappa shape index (κ3) is 5.34. The average Bonchev–Trinajstić information content (AvgIpc) is 3.56. The summed E-state index contributed by atoms with van der Waals surface area (Å²) in [5, 5.41) is 11.3. The van der Waals surface area contributed by atoms with Crippen LogP contribution in [0.25, 0.3) is 11.8 Å². The summed E-state index contributed by atoms with van der Waals surface area (Å²) in [6.07, 6.45) is 3.47. The second kappa shape index (κ2) is 11.7. The molecule has 11 nitrogen and oxygen atoms in total. The van der Waals surface area contributed by atoms with Crippen molar-refractivity contribution >= 4 is 29.1 Å². The van der Waals surface area contributed by atoms with Gasteiger partial charge in [0, 0.05) is 36.7 Å². The zero-order chi connectivity index (χ0) is 29.1. The lowest BCUT2D eigenvalue weighted by Gasteiger charge is -2.26. The molecule has 0 saturated carbocycles. The summed E-state index contributed by atoms with van der Waals surface area (Å²) < 4.78 is 19.7. The lowest BCUT2D eigenvalue weighted by atomic mass is 9.95. The van der Waals surface area contributed by atoms with Crippen molar-refractivity contribution in [1.29, 1.82) is 0 Å². The predicted molar refractivity (Wildman–Crippen MR) is 152 cm³/mol. The van der Waals surface area contributed by atoms with Crippen LogP contribution in [0.3, 0.4) is 0 Å². The van der Waals surface area contributed by atoms with Gasteiger partial charge in [0.05, 0.1) is 40.1 Å². The van der Waals surface area contributed by atoms with Crippen molar-refractivity contribution in [3.05, 3.63) is 119 Å². The lowest BCUT2D eigenvalue weighted by molar-refractivity contribution is -0.384. The van der Waals surface area contributed by atoms with E-state index in [1.807, 2.05) is 6.07 Å². The van der Waals surface area contributed by atoms with Gasteiger partial charge in [-0.25, -0.2) is 9.79 Å². The molecule has 0 radical (unpaired) electrons. The Kier molecular flexibility index (Phi) is 7.95. The van der Waals surface area contributed by atoms with Crippen LogP contribution in [0.4, 0.5) is 5.69 Å². The van der Waals surface area contributed by atoms with E-state index in [1.54, 1.807) is 66.2 Å². The number of thiazole rings is 1. The number of hydrogen-bond donors (Lipinski definition) is 0. The number of allylic oxidation sites excluding steroid dienone is 1. The SMILES string of the molecule is COCCOC(=O)C1=C(C)N=c2sc(=Cc3cccn3-c3cccc([N+](=O)[O-])c3)c(=O)n2C1c1ccccc1OC. The van der Waals surface area contributed by atoms with Crippen LogP contribution in [0.15, 0.2) is 87.9 Å². The second-order valence-electron chi connectivity index (χ2n) is 9.03. The zero-order valence-corrected chi connectivity index (χ0v) is 23.3. The molecule has 1 aliphatic heterocycles. The van der Waals surface area contributed by atoms with Crippen molar-refractivity contribution in [3.63, 3.8) is 0 Å². The van der Waals surface area contributed by atoms with Crippen molar-refractivity contribution in [2.24, 2.45) is 4.99 Å². The van der Waals surface area contributed by atoms with Gasteiger partial charge in [-0.05, 0) is 37.3 Å². The number of carbonyl (C=O) groups excluding carboxylic acids is 1. The van der Waals surface area contributed by atoms with Gasteiger partial charge in [0.15, 0.2) is 4.80 Å². The number of methoxy groups -OCH3 is 2. The molecule has 0 aliphatic carbocycles. The van der Waals surface area contributed by atoms with Gasteiger partial charge in [0.2, 0.25) is 0 Å². The van der Waals surface area contributed by atoms with Gasteiger partial charge in [-0.1, -0.05) is 35.6 Å². The first-order valence-electron chi connectivity index (χ1n) is 12.6. The highest BCUT2D eigenvalue weighted by Gasteiger charge is 2.35. The molecule has 12 heteroatoms. The van der Waals surface area contributed by atoms with Gasteiger partial charge in [0.1, 0.15) is 18.4 Å². The summed E-state index contributed by atoms with van der Waals surface area (Å²) in [6, 6.07) is 16.2. The Balaban J connectivity index is 1.67. The van der Waals surface area contributed by atoms with Crippen LogP contribution in [-0.2, 0) is 14.3 Å². The van der Waals surface area contributed by atoms with E-state index in [9.17, 15) is 19.7 Å². The number of non-ortho nitro benzene ring substituents is 1. The van der Waals surface area contributed by atoms with E-state index in [-0.39, 0.29) is 30.0 Å². The zero-order valence-electron chi connectivity index (χ0n) is 22.5. The Morgan fingerprint density at radius 3 is 2.68 bits per heavy atom. The number of carbonyl (C=O) groups is 1. The Bertz CT molecular complexity index is 1850. The number of esters is 1. The number of hydrogen-bond acceptors (Lipinski definition) is 9. The molecule has 2 aromatic carbocycles. The van der Waals surface area contributed by atoms with E-state index < -0.39 is 16.9 Å². The Labute approximate surface area is 238 Å². The van der Waals surface area contributed by atoms with Gasteiger partial charge < -0.3 is 18.8 Å². The molecule has 1 atom stereocenters. The number of ether oxygens (including phenoxy) is 3. The highest BCUT2D eigenvalue weighted by molar-refractivity contribution is 7.07. The monoisotopic (exact) mass is 574 g/mol. The molecule has 5 rings (SSSR count). The molecule has 2 aromatic heterocycles. The predicted octanol–water partition coefficient (Wildman–Crippen LogP) is 3.13. The fourth-order valence-corrected chi connectivity index (χ4v) is 5.73. The van der Waals surface area contributed by atoms with Crippen LogP contribution < -0.4 is 19.6 Å². The minimum absolute atomic E-state index is 0.0429. The quantitative estimate of drug-likeness (QED) is 0.130. The van der Waals surface area contributed by atoms with Crippen LogP contribution in [0.1, 0.15) is 24.2 Å². The van der Waals surface area contributed by atoms with Gasteiger partial charge in [-0.3, -0.25) is 19.5 Å². The Hall–Kier alpha value is -4.81. The Morgan fingerprint density at radius 1 is 1.12 bits per heavy atom. The molecule has 3 heterocycles. The van der Waals surface area contributed by atoms with Crippen LogP contribution in [0.2, 0.25) is 0 Å². The van der Waals surface area contributed by atoms with E-state index in [1.165, 1.54) is 42.3 Å². The molecule has 41 heavy (non-hydrogen) atoms. The molecule has 0 saturated heterocycles. The van der Waals surface area contributed by atoms with Crippen molar-refractivity contribution in [3.8, 4) is 11.4 Å². The molecule has 1 unspecified atom stereocenters. The number of nitrogens with zero attached hydrogens (tertiary/aromatic N) is 4. The highest BCUT2D eigenvalue weighted by Crippen LogP contribution is 2.35. The first kappa shape index (κ1) is 27.7. The summed E-state index contributed by atoms with van der Waals surface area (Å²) in [4.78, 5) is 43.2. The Morgan fingerprint density at radius 2 is 1.93 bits per heavy atom.